The lowest BCUT2D eigenvalue weighted by atomic mass is 9.97. The molecule has 0 aliphatic rings. The van der Waals surface area contributed by atoms with Crippen LogP contribution in [0.3, 0.4) is 0 Å². The maximum absolute atomic E-state index is 5.84. The third kappa shape index (κ3) is 5.22. The highest BCUT2D eigenvalue weighted by molar-refractivity contribution is 6.30. The second kappa shape index (κ2) is 6.90. The molecule has 0 amide bonds. The van der Waals surface area contributed by atoms with Gasteiger partial charge in [0.2, 0.25) is 0 Å². The summed E-state index contributed by atoms with van der Waals surface area (Å²) in [6.07, 6.45) is 6.49. The van der Waals surface area contributed by atoms with E-state index < -0.39 is 0 Å². The molecule has 0 bridgehead atoms. The number of rotatable bonds is 6. The molecule has 0 radical (unpaired) electrons. The third-order valence-corrected chi connectivity index (χ3v) is 3.11. The summed E-state index contributed by atoms with van der Waals surface area (Å²) >= 11 is 5.84. The summed E-state index contributed by atoms with van der Waals surface area (Å²) < 4.78 is 0. The molecule has 1 rings (SSSR count). The summed E-state index contributed by atoms with van der Waals surface area (Å²) in [5, 5.41) is 0.832. The molecule has 15 heavy (non-hydrogen) atoms. The van der Waals surface area contributed by atoms with Crippen molar-refractivity contribution in [2.45, 2.75) is 46.0 Å². The van der Waals surface area contributed by atoms with E-state index in [4.69, 9.17) is 11.6 Å². The first-order chi connectivity index (χ1) is 7.22. The molecule has 0 heterocycles. The number of benzene rings is 1. The van der Waals surface area contributed by atoms with Gasteiger partial charge in [-0.05, 0) is 36.5 Å². The van der Waals surface area contributed by atoms with Crippen molar-refractivity contribution in [1.29, 1.82) is 0 Å². The lowest BCUT2D eigenvalue weighted by Crippen LogP contribution is -1.95. The zero-order chi connectivity index (χ0) is 11.1. The largest absolute Gasteiger partial charge is 0.0843 e. The van der Waals surface area contributed by atoms with Gasteiger partial charge < -0.3 is 0 Å². The normalized spacial score (nSPS) is 12.7. The van der Waals surface area contributed by atoms with Crippen molar-refractivity contribution >= 4 is 11.6 Å². The molecule has 0 aromatic heterocycles. The van der Waals surface area contributed by atoms with Crippen molar-refractivity contribution in [1.82, 2.24) is 0 Å². The molecule has 1 aromatic carbocycles. The molecule has 0 aliphatic carbocycles. The van der Waals surface area contributed by atoms with Crippen LogP contribution in [0.1, 0.15) is 45.1 Å². The fourth-order valence-electron chi connectivity index (χ4n) is 1.94. The molecule has 1 unspecified atom stereocenters. The monoisotopic (exact) mass is 224 g/mol. The first-order valence-corrected chi connectivity index (χ1v) is 6.34. The van der Waals surface area contributed by atoms with Crippen LogP contribution >= 0.6 is 11.6 Å². The Labute approximate surface area is 98.7 Å². The van der Waals surface area contributed by atoms with Gasteiger partial charge in [0.1, 0.15) is 0 Å². The van der Waals surface area contributed by atoms with Crippen LogP contribution in [0.25, 0.3) is 0 Å². The van der Waals surface area contributed by atoms with Crippen LogP contribution in [0.15, 0.2) is 24.3 Å². The van der Waals surface area contributed by atoms with Gasteiger partial charge >= 0.3 is 0 Å². The van der Waals surface area contributed by atoms with E-state index in [0.717, 1.165) is 10.9 Å². The molecule has 1 aromatic rings. The van der Waals surface area contributed by atoms with E-state index in [9.17, 15) is 0 Å². The topological polar surface area (TPSA) is 0 Å². The van der Waals surface area contributed by atoms with Crippen LogP contribution in [0.2, 0.25) is 5.02 Å². The van der Waals surface area contributed by atoms with Gasteiger partial charge in [0.15, 0.2) is 0 Å². The standard InChI is InChI=1S/C14H21Cl/c1-3-5-12(2)6-4-7-13-8-10-14(15)11-9-13/h8-12H,3-7H2,1-2H3. The molecule has 0 nitrogen and oxygen atoms in total. The van der Waals surface area contributed by atoms with Crippen LogP contribution < -0.4 is 0 Å². The Kier molecular flexibility index (Phi) is 5.78. The van der Waals surface area contributed by atoms with E-state index >= 15 is 0 Å². The smallest absolute Gasteiger partial charge is 0.0406 e. The molecule has 1 atom stereocenters. The van der Waals surface area contributed by atoms with E-state index in [2.05, 4.69) is 26.0 Å². The number of aryl methyl sites for hydroxylation is 1. The number of halogens is 1. The maximum Gasteiger partial charge on any atom is 0.0406 e. The van der Waals surface area contributed by atoms with Crippen LogP contribution in [0.4, 0.5) is 0 Å². The predicted octanol–water partition coefficient (Wildman–Crippen LogP) is 5.10. The maximum atomic E-state index is 5.84. The van der Waals surface area contributed by atoms with Crippen LogP contribution in [0.5, 0.6) is 0 Å². The Balaban J connectivity index is 2.22. The molecule has 0 N–H and O–H groups in total. The quantitative estimate of drug-likeness (QED) is 0.631. The minimum Gasteiger partial charge on any atom is -0.0843 e. The van der Waals surface area contributed by atoms with Crippen molar-refractivity contribution in [2.24, 2.45) is 5.92 Å². The van der Waals surface area contributed by atoms with E-state index in [1.807, 2.05) is 12.1 Å². The van der Waals surface area contributed by atoms with Crippen molar-refractivity contribution < 1.29 is 0 Å². The van der Waals surface area contributed by atoms with Gasteiger partial charge in [-0.25, -0.2) is 0 Å². The first-order valence-electron chi connectivity index (χ1n) is 5.96. The van der Waals surface area contributed by atoms with Crippen molar-refractivity contribution in [3.63, 3.8) is 0 Å². The van der Waals surface area contributed by atoms with E-state index in [0.29, 0.717) is 0 Å². The van der Waals surface area contributed by atoms with Crippen molar-refractivity contribution in [3.05, 3.63) is 34.9 Å². The summed E-state index contributed by atoms with van der Waals surface area (Å²) in [5.74, 6) is 0.877. The summed E-state index contributed by atoms with van der Waals surface area (Å²) in [7, 11) is 0. The Bertz CT molecular complexity index is 263. The van der Waals surface area contributed by atoms with Gasteiger partial charge in [0, 0.05) is 5.02 Å². The SMILES string of the molecule is CCCC(C)CCCc1ccc(Cl)cc1. The molecule has 0 saturated carbocycles. The van der Waals surface area contributed by atoms with Crippen LogP contribution in [0, 0.1) is 5.92 Å². The fourth-order valence-corrected chi connectivity index (χ4v) is 2.07. The lowest BCUT2D eigenvalue weighted by molar-refractivity contribution is 0.469. The number of hydrogen-bond acceptors (Lipinski definition) is 0. The summed E-state index contributed by atoms with van der Waals surface area (Å²) in [5.41, 5.74) is 1.41. The third-order valence-electron chi connectivity index (χ3n) is 2.86. The fraction of sp³-hybridized carbons (Fsp3) is 0.571. The molecule has 0 saturated heterocycles. The molecule has 0 spiro atoms. The average molecular weight is 225 g/mol. The first kappa shape index (κ1) is 12.6. The highest BCUT2D eigenvalue weighted by atomic mass is 35.5. The Morgan fingerprint density at radius 3 is 2.40 bits per heavy atom. The highest BCUT2D eigenvalue weighted by Crippen LogP contribution is 2.16. The minimum atomic E-state index is 0.832. The Morgan fingerprint density at radius 1 is 1.13 bits per heavy atom. The number of hydrogen-bond donors (Lipinski definition) is 0. The van der Waals surface area contributed by atoms with Gasteiger partial charge in [-0.2, -0.15) is 0 Å². The van der Waals surface area contributed by atoms with Crippen molar-refractivity contribution in [2.75, 3.05) is 0 Å². The minimum absolute atomic E-state index is 0.832. The molecule has 1 heteroatoms. The molecule has 0 aliphatic heterocycles. The zero-order valence-corrected chi connectivity index (χ0v) is 10.6. The molecule has 84 valence electrons. The second-order valence-corrected chi connectivity index (χ2v) is 4.85. The highest BCUT2D eigenvalue weighted by Gasteiger charge is 2.00. The van der Waals surface area contributed by atoms with Crippen molar-refractivity contribution in [3.8, 4) is 0 Å². The molecule has 0 fully saturated rings. The predicted molar refractivity (Wildman–Crippen MR) is 68.5 cm³/mol. The van der Waals surface area contributed by atoms with E-state index in [-0.39, 0.29) is 0 Å². The molecular formula is C14H21Cl. The zero-order valence-electron chi connectivity index (χ0n) is 9.80. The van der Waals surface area contributed by atoms with Gasteiger partial charge in [-0.3, -0.25) is 0 Å². The van der Waals surface area contributed by atoms with Gasteiger partial charge in [-0.15, -0.1) is 0 Å². The Hall–Kier alpha value is -0.490. The summed E-state index contributed by atoms with van der Waals surface area (Å²) in [6.45, 7) is 4.61. The van der Waals surface area contributed by atoms with Gasteiger partial charge in [0.05, 0.1) is 0 Å². The van der Waals surface area contributed by atoms with E-state index in [1.54, 1.807) is 0 Å². The molecular weight excluding hydrogens is 204 g/mol. The second-order valence-electron chi connectivity index (χ2n) is 4.41. The lowest BCUT2D eigenvalue weighted by Gasteiger charge is -2.09. The summed E-state index contributed by atoms with van der Waals surface area (Å²) in [4.78, 5) is 0. The van der Waals surface area contributed by atoms with E-state index in [1.165, 1.54) is 37.7 Å². The Morgan fingerprint density at radius 2 is 1.80 bits per heavy atom. The van der Waals surface area contributed by atoms with Crippen LogP contribution in [-0.2, 0) is 6.42 Å². The summed E-state index contributed by atoms with van der Waals surface area (Å²) in [6, 6.07) is 8.22. The average Bonchev–Trinajstić information content (AvgIpc) is 2.21. The van der Waals surface area contributed by atoms with Crippen LogP contribution in [-0.4, -0.2) is 0 Å². The van der Waals surface area contributed by atoms with Gasteiger partial charge in [-0.1, -0.05) is 56.8 Å². The van der Waals surface area contributed by atoms with Gasteiger partial charge in [0.25, 0.3) is 0 Å².